The van der Waals surface area contributed by atoms with Gasteiger partial charge < -0.3 is 11.5 Å². The first-order valence-electron chi connectivity index (χ1n) is 15.4. The first kappa shape index (κ1) is 32.1. The summed E-state index contributed by atoms with van der Waals surface area (Å²) >= 11 is 0. The number of carbonyl (C=O) groups is 4. The number of nitrogens with two attached hydrogens (primary N) is 2. The van der Waals surface area contributed by atoms with E-state index >= 15 is 0 Å². The van der Waals surface area contributed by atoms with Crippen LogP contribution in [0.2, 0.25) is 0 Å². The molecule has 4 rings (SSSR count). The number of primary amides is 2. The highest BCUT2D eigenvalue weighted by Gasteiger charge is 2.20. The third-order valence-corrected chi connectivity index (χ3v) is 8.05. The summed E-state index contributed by atoms with van der Waals surface area (Å²) in [4.78, 5) is 50.6. The van der Waals surface area contributed by atoms with Gasteiger partial charge in [0.2, 0.25) is 11.8 Å². The Labute approximate surface area is 259 Å². The molecule has 6 nitrogen and oxygen atoms in total. The molecular weight excluding hydrogens is 548 g/mol. The highest BCUT2D eigenvalue weighted by atomic mass is 16.1. The number of hydrogen-bond acceptors (Lipinski definition) is 4. The molecule has 0 saturated heterocycles. The van der Waals surface area contributed by atoms with E-state index in [0.29, 0.717) is 46.2 Å². The number of hydrogen-bond donors (Lipinski definition) is 2. The Hall–Kier alpha value is -4.84. The zero-order valence-electron chi connectivity index (χ0n) is 25.1. The Bertz CT molecular complexity index is 1480. The molecule has 0 spiro atoms. The third kappa shape index (κ3) is 8.38. The molecule has 0 fully saturated rings. The van der Waals surface area contributed by atoms with Crippen molar-refractivity contribution in [3.63, 3.8) is 0 Å². The summed E-state index contributed by atoms with van der Waals surface area (Å²) in [7, 11) is 0. The molecule has 0 aromatic heterocycles. The van der Waals surface area contributed by atoms with Crippen molar-refractivity contribution in [1.82, 2.24) is 0 Å². The Morgan fingerprint density at radius 3 is 1.05 bits per heavy atom. The van der Waals surface area contributed by atoms with Crippen molar-refractivity contribution >= 4 is 23.4 Å². The van der Waals surface area contributed by atoms with Crippen molar-refractivity contribution in [2.24, 2.45) is 11.5 Å². The van der Waals surface area contributed by atoms with Crippen LogP contribution in [0.1, 0.15) is 115 Å². The maximum absolute atomic E-state index is 13.2. The first-order chi connectivity index (χ1) is 21.4. The number of ketones is 2. The normalized spacial score (nSPS) is 10.8. The smallest absolute Gasteiger partial charge is 0.249 e. The van der Waals surface area contributed by atoms with E-state index in [2.05, 4.69) is 0 Å². The molecule has 0 aliphatic carbocycles. The summed E-state index contributed by atoms with van der Waals surface area (Å²) in [6.45, 7) is 0. The zero-order valence-corrected chi connectivity index (χ0v) is 25.1. The number of amides is 2. The lowest BCUT2D eigenvalue weighted by Crippen LogP contribution is -2.17. The third-order valence-electron chi connectivity index (χ3n) is 8.05. The van der Waals surface area contributed by atoms with Gasteiger partial charge >= 0.3 is 0 Å². The lowest BCUT2D eigenvalue weighted by atomic mass is 9.90. The largest absolute Gasteiger partial charge is 0.366 e. The van der Waals surface area contributed by atoms with Crippen LogP contribution in [-0.4, -0.2) is 23.4 Å². The summed E-state index contributed by atoms with van der Waals surface area (Å²) < 4.78 is 0. The second kappa shape index (κ2) is 16.1. The van der Waals surface area contributed by atoms with E-state index < -0.39 is 11.8 Å². The first-order valence-corrected chi connectivity index (χ1v) is 15.4. The molecule has 0 aliphatic rings. The van der Waals surface area contributed by atoms with Crippen molar-refractivity contribution in [3.8, 4) is 0 Å². The van der Waals surface area contributed by atoms with E-state index in [1.165, 1.54) is 0 Å². The highest BCUT2D eigenvalue weighted by Crippen LogP contribution is 2.24. The van der Waals surface area contributed by atoms with Crippen molar-refractivity contribution in [3.05, 3.63) is 142 Å². The average molecular weight is 589 g/mol. The summed E-state index contributed by atoms with van der Waals surface area (Å²) in [6.07, 6.45) is 9.23. The summed E-state index contributed by atoms with van der Waals surface area (Å²) in [6, 6.07) is 28.5. The van der Waals surface area contributed by atoms with Crippen LogP contribution in [0.3, 0.4) is 0 Å². The fourth-order valence-electron chi connectivity index (χ4n) is 5.75. The van der Waals surface area contributed by atoms with Gasteiger partial charge in [0.05, 0.1) is 0 Å². The molecule has 0 radical (unpaired) electrons. The average Bonchev–Trinajstić information content (AvgIpc) is 3.05. The van der Waals surface area contributed by atoms with Crippen LogP contribution in [0.5, 0.6) is 0 Å². The minimum absolute atomic E-state index is 0.0984. The number of benzene rings is 4. The van der Waals surface area contributed by atoms with Crippen LogP contribution in [-0.2, 0) is 12.8 Å². The predicted octanol–water partition coefficient (Wildman–Crippen LogP) is 7.25. The second-order valence-electron chi connectivity index (χ2n) is 11.1. The monoisotopic (exact) mass is 588 g/mol. The molecule has 6 heteroatoms. The molecule has 0 saturated carbocycles. The molecule has 4 N–H and O–H groups in total. The van der Waals surface area contributed by atoms with Crippen molar-refractivity contribution < 1.29 is 19.2 Å². The van der Waals surface area contributed by atoms with E-state index in [1.807, 2.05) is 36.4 Å². The van der Waals surface area contributed by atoms with Crippen LogP contribution in [0.15, 0.2) is 97.1 Å². The van der Waals surface area contributed by atoms with Crippen LogP contribution in [0.4, 0.5) is 0 Å². The Kier molecular flexibility index (Phi) is 11.8. The van der Waals surface area contributed by atoms with Crippen molar-refractivity contribution in [2.45, 2.75) is 64.2 Å². The Morgan fingerprint density at radius 1 is 0.386 bits per heavy atom. The molecule has 226 valence electrons. The van der Waals surface area contributed by atoms with Gasteiger partial charge in [0.25, 0.3) is 0 Å². The molecule has 44 heavy (non-hydrogen) atoms. The van der Waals surface area contributed by atoms with Crippen LogP contribution < -0.4 is 11.5 Å². The van der Waals surface area contributed by atoms with Gasteiger partial charge in [0.1, 0.15) is 0 Å². The van der Waals surface area contributed by atoms with Gasteiger partial charge in [0, 0.05) is 33.4 Å². The van der Waals surface area contributed by atoms with Crippen LogP contribution in [0.25, 0.3) is 0 Å². The van der Waals surface area contributed by atoms with Gasteiger partial charge in [-0.2, -0.15) is 0 Å². The number of rotatable bonds is 17. The summed E-state index contributed by atoms with van der Waals surface area (Å²) in [5.41, 5.74) is 15.9. The van der Waals surface area contributed by atoms with Gasteiger partial charge in [-0.3, -0.25) is 19.2 Å². The highest BCUT2D eigenvalue weighted by molar-refractivity contribution is 6.12. The lowest BCUT2D eigenvalue weighted by Gasteiger charge is -2.13. The molecular formula is C38H40N2O4. The standard InChI is InChI=1S/C38H40N2O4/c39-37(43)33-25-15-23-31(35(41)27-17-9-7-10-18-27)29(33)21-13-5-3-1-2-4-6-14-22-30-32(24-16-26-34(30)38(40)44)36(42)28-19-11-8-12-20-28/h7-12,15-20,23-26H,1-6,13-14,21-22H2,(H2,39,43)(H2,40,44). The maximum atomic E-state index is 13.2. The van der Waals surface area contributed by atoms with Crippen LogP contribution >= 0.6 is 0 Å². The topological polar surface area (TPSA) is 120 Å². The fourth-order valence-corrected chi connectivity index (χ4v) is 5.75. The van der Waals surface area contributed by atoms with Crippen molar-refractivity contribution in [2.75, 3.05) is 0 Å². The SMILES string of the molecule is NC(=O)c1cccc(C(=O)c2ccccc2)c1CCCCCCCCCCc1c(C(N)=O)cccc1C(=O)c1ccccc1. The predicted molar refractivity (Wildman–Crippen MR) is 174 cm³/mol. The Balaban J connectivity index is 1.24. The lowest BCUT2D eigenvalue weighted by molar-refractivity contribution is 0.0989. The minimum Gasteiger partial charge on any atom is -0.366 e. The molecule has 0 heterocycles. The van der Waals surface area contributed by atoms with Gasteiger partial charge in [-0.05, 0) is 48.9 Å². The van der Waals surface area contributed by atoms with E-state index in [-0.39, 0.29) is 11.6 Å². The van der Waals surface area contributed by atoms with E-state index in [0.717, 1.165) is 62.5 Å². The molecule has 0 aliphatic heterocycles. The van der Waals surface area contributed by atoms with Gasteiger partial charge in [-0.1, -0.05) is 123 Å². The number of unbranched alkanes of at least 4 members (excludes halogenated alkanes) is 7. The maximum Gasteiger partial charge on any atom is 0.249 e. The second-order valence-corrected chi connectivity index (χ2v) is 11.1. The summed E-state index contributed by atoms with van der Waals surface area (Å²) in [5, 5.41) is 0. The minimum atomic E-state index is -0.516. The van der Waals surface area contributed by atoms with Crippen LogP contribution in [0, 0.1) is 0 Å². The molecule has 0 bridgehead atoms. The van der Waals surface area contributed by atoms with Crippen molar-refractivity contribution in [1.29, 1.82) is 0 Å². The summed E-state index contributed by atoms with van der Waals surface area (Å²) in [5.74, 6) is -1.23. The quantitative estimate of drug-likeness (QED) is 0.0997. The molecule has 0 unspecified atom stereocenters. The molecule has 2 amide bonds. The molecule has 4 aromatic rings. The fraction of sp³-hybridized carbons (Fsp3) is 0.263. The van der Waals surface area contributed by atoms with E-state index in [9.17, 15) is 19.2 Å². The van der Waals surface area contributed by atoms with Gasteiger partial charge in [-0.15, -0.1) is 0 Å². The molecule has 0 atom stereocenters. The van der Waals surface area contributed by atoms with Gasteiger partial charge in [0.15, 0.2) is 11.6 Å². The zero-order chi connectivity index (χ0) is 31.3. The number of carbonyl (C=O) groups excluding carboxylic acids is 4. The molecule has 4 aromatic carbocycles. The Morgan fingerprint density at radius 2 is 0.705 bits per heavy atom. The van der Waals surface area contributed by atoms with E-state index in [1.54, 1.807) is 60.7 Å². The van der Waals surface area contributed by atoms with E-state index in [4.69, 9.17) is 11.5 Å². The van der Waals surface area contributed by atoms with Gasteiger partial charge in [-0.25, -0.2) is 0 Å².